The molecule has 1 unspecified atom stereocenters. The predicted molar refractivity (Wildman–Crippen MR) is 76.2 cm³/mol. The van der Waals surface area contributed by atoms with Crippen LogP contribution in [0, 0.1) is 5.82 Å². The highest BCUT2D eigenvalue weighted by Gasteiger charge is 2.19. The molecule has 2 aromatic rings. The van der Waals surface area contributed by atoms with Gasteiger partial charge in [0.05, 0.1) is 11.1 Å². The van der Waals surface area contributed by atoms with Crippen LogP contribution in [0.4, 0.5) is 4.39 Å². The summed E-state index contributed by atoms with van der Waals surface area (Å²) in [5.41, 5.74) is 1.49. The molecule has 0 aliphatic rings. The lowest BCUT2D eigenvalue weighted by molar-refractivity contribution is 0.603. The second-order valence-corrected chi connectivity index (χ2v) is 4.87. The number of aromatic nitrogens is 1. The van der Waals surface area contributed by atoms with Crippen LogP contribution in [0.1, 0.15) is 24.1 Å². The van der Waals surface area contributed by atoms with E-state index in [0.29, 0.717) is 22.2 Å². The molecule has 0 amide bonds. The lowest BCUT2D eigenvalue weighted by Gasteiger charge is -2.21. The molecule has 2 nitrogen and oxygen atoms in total. The van der Waals surface area contributed by atoms with Gasteiger partial charge >= 0.3 is 0 Å². The van der Waals surface area contributed by atoms with Gasteiger partial charge in [0.25, 0.3) is 0 Å². The SMILES string of the molecule is CCNC(c1ccncc1Cl)c1cc(F)ccc1Cl. The molecule has 1 aromatic heterocycles. The maximum absolute atomic E-state index is 13.4. The van der Waals surface area contributed by atoms with Crippen LogP contribution in [0.5, 0.6) is 0 Å². The lowest BCUT2D eigenvalue weighted by atomic mass is 9.99. The molecule has 0 bridgehead atoms. The smallest absolute Gasteiger partial charge is 0.123 e. The van der Waals surface area contributed by atoms with Crippen LogP contribution < -0.4 is 5.32 Å². The van der Waals surface area contributed by atoms with Crippen LogP contribution >= 0.6 is 23.2 Å². The minimum atomic E-state index is -0.326. The third-order valence-electron chi connectivity index (χ3n) is 2.79. The summed E-state index contributed by atoms with van der Waals surface area (Å²) in [4.78, 5) is 3.95. The van der Waals surface area contributed by atoms with Crippen molar-refractivity contribution >= 4 is 23.2 Å². The zero-order chi connectivity index (χ0) is 13.8. The normalized spacial score (nSPS) is 12.4. The molecule has 0 aliphatic heterocycles. The first kappa shape index (κ1) is 14.3. The Hall–Kier alpha value is -1.16. The van der Waals surface area contributed by atoms with E-state index in [9.17, 15) is 4.39 Å². The van der Waals surface area contributed by atoms with E-state index in [2.05, 4.69) is 10.3 Å². The summed E-state index contributed by atoms with van der Waals surface area (Å²) >= 11 is 12.3. The van der Waals surface area contributed by atoms with Gasteiger partial charge in [-0.05, 0) is 41.9 Å². The number of pyridine rings is 1. The quantitative estimate of drug-likeness (QED) is 0.914. The largest absolute Gasteiger partial charge is 0.306 e. The highest BCUT2D eigenvalue weighted by atomic mass is 35.5. The first-order chi connectivity index (χ1) is 9.13. The Morgan fingerprint density at radius 2 is 2.00 bits per heavy atom. The standard InChI is InChI=1S/C14H13Cl2FN2/c1-2-19-14(10-5-6-18-8-13(10)16)11-7-9(17)3-4-12(11)15/h3-8,14,19H,2H2,1H3. The van der Waals surface area contributed by atoms with Crippen molar-refractivity contribution in [3.8, 4) is 0 Å². The summed E-state index contributed by atoms with van der Waals surface area (Å²) in [7, 11) is 0. The molecule has 0 aliphatic carbocycles. The second kappa shape index (κ2) is 6.33. The number of benzene rings is 1. The topological polar surface area (TPSA) is 24.9 Å². The van der Waals surface area contributed by atoms with Gasteiger partial charge in [0.2, 0.25) is 0 Å². The number of nitrogens with one attached hydrogen (secondary N) is 1. The van der Waals surface area contributed by atoms with Gasteiger partial charge in [0, 0.05) is 17.4 Å². The molecule has 19 heavy (non-hydrogen) atoms. The zero-order valence-corrected chi connectivity index (χ0v) is 11.8. The van der Waals surface area contributed by atoms with E-state index in [1.807, 2.05) is 6.92 Å². The highest BCUT2D eigenvalue weighted by Crippen LogP contribution is 2.32. The van der Waals surface area contributed by atoms with Gasteiger partial charge in [0.1, 0.15) is 5.82 Å². The molecule has 100 valence electrons. The molecule has 1 aromatic carbocycles. The average Bonchev–Trinajstić information content (AvgIpc) is 2.40. The van der Waals surface area contributed by atoms with E-state index in [-0.39, 0.29) is 11.9 Å². The summed E-state index contributed by atoms with van der Waals surface area (Å²) in [6, 6.07) is 5.85. The van der Waals surface area contributed by atoms with E-state index in [4.69, 9.17) is 23.2 Å². The maximum Gasteiger partial charge on any atom is 0.123 e. The Morgan fingerprint density at radius 3 is 2.68 bits per heavy atom. The second-order valence-electron chi connectivity index (χ2n) is 4.05. The number of hydrogen-bond donors (Lipinski definition) is 1. The molecule has 0 saturated heterocycles. The van der Waals surface area contributed by atoms with E-state index < -0.39 is 0 Å². The van der Waals surface area contributed by atoms with Crippen molar-refractivity contribution in [2.45, 2.75) is 13.0 Å². The summed E-state index contributed by atoms with van der Waals surface area (Å²) in [5.74, 6) is -0.326. The fourth-order valence-electron chi connectivity index (χ4n) is 1.95. The fraction of sp³-hybridized carbons (Fsp3) is 0.214. The van der Waals surface area contributed by atoms with Crippen LogP contribution in [0.15, 0.2) is 36.7 Å². The van der Waals surface area contributed by atoms with Crippen molar-refractivity contribution in [1.82, 2.24) is 10.3 Å². The monoisotopic (exact) mass is 298 g/mol. The summed E-state index contributed by atoms with van der Waals surface area (Å²) < 4.78 is 13.4. The number of nitrogens with zero attached hydrogens (tertiary/aromatic N) is 1. The Morgan fingerprint density at radius 1 is 1.21 bits per heavy atom. The van der Waals surface area contributed by atoms with Crippen molar-refractivity contribution in [2.24, 2.45) is 0 Å². The molecule has 0 spiro atoms. The van der Waals surface area contributed by atoms with E-state index >= 15 is 0 Å². The molecule has 0 saturated carbocycles. The van der Waals surface area contributed by atoms with E-state index in [1.165, 1.54) is 12.1 Å². The molecule has 5 heteroatoms. The molecule has 0 fully saturated rings. The maximum atomic E-state index is 13.4. The van der Waals surface area contributed by atoms with Crippen LogP contribution in [-0.4, -0.2) is 11.5 Å². The van der Waals surface area contributed by atoms with Crippen molar-refractivity contribution in [3.63, 3.8) is 0 Å². The molecule has 1 N–H and O–H groups in total. The van der Waals surface area contributed by atoms with Gasteiger partial charge in [-0.3, -0.25) is 4.98 Å². The number of rotatable bonds is 4. The van der Waals surface area contributed by atoms with E-state index in [1.54, 1.807) is 24.5 Å². The molecular formula is C14H13Cl2FN2. The van der Waals surface area contributed by atoms with Crippen LogP contribution in [0.2, 0.25) is 10.0 Å². The third kappa shape index (κ3) is 3.24. The Kier molecular flexibility index (Phi) is 4.75. The van der Waals surface area contributed by atoms with E-state index in [0.717, 1.165) is 5.56 Å². The molecular weight excluding hydrogens is 286 g/mol. The van der Waals surface area contributed by atoms with Crippen molar-refractivity contribution in [1.29, 1.82) is 0 Å². The van der Waals surface area contributed by atoms with Crippen molar-refractivity contribution in [2.75, 3.05) is 6.54 Å². The van der Waals surface area contributed by atoms with Gasteiger partial charge in [-0.2, -0.15) is 0 Å². The van der Waals surface area contributed by atoms with Crippen LogP contribution in [0.3, 0.4) is 0 Å². The van der Waals surface area contributed by atoms with Gasteiger partial charge in [-0.1, -0.05) is 30.1 Å². The third-order valence-corrected chi connectivity index (χ3v) is 3.45. The van der Waals surface area contributed by atoms with Gasteiger partial charge < -0.3 is 5.32 Å². The van der Waals surface area contributed by atoms with Crippen LogP contribution in [0.25, 0.3) is 0 Å². The average molecular weight is 299 g/mol. The van der Waals surface area contributed by atoms with Gasteiger partial charge in [-0.25, -0.2) is 4.39 Å². The highest BCUT2D eigenvalue weighted by molar-refractivity contribution is 6.32. The minimum absolute atomic E-state index is 0.260. The predicted octanol–water partition coefficient (Wildman–Crippen LogP) is 4.23. The first-order valence-corrected chi connectivity index (χ1v) is 6.66. The summed E-state index contributed by atoms with van der Waals surface area (Å²) in [6.45, 7) is 2.67. The van der Waals surface area contributed by atoms with Gasteiger partial charge in [0.15, 0.2) is 0 Å². The first-order valence-electron chi connectivity index (χ1n) is 5.91. The molecule has 1 atom stereocenters. The van der Waals surface area contributed by atoms with Crippen molar-refractivity contribution in [3.05, 3.63) is 63.6 Å². The van der Waals surface area contributed by atoms with Crippen molar-refractivity contribution < 1.29 is 4.39 Å². The lowest BCUT2D eigenvalue weighted by Crippen LogP contribution is -2.22. The van der Waals surface area contributed by atoms with Gasteiger partial charge in [-0.15, -0.1) is 0 Å². The zero-order valence-electron chi connectivity index (χ0n) is 10.3. The Bertz CT molecular complexity index is 575. The summed E-state index contributed by atoms with van der Waals surface area (Å²) in [5, 5.41) is 4.28. The van der Waals surface area contributed by atoms with Crippen LogP contribution in [-0.2, 0) is 0 Å². The minimum Gasteiger partial charge on any atom is -0.306 e. The Labute approximate surface area is 121 Å². The summed E-state index contributed by atoms with van der Waals surface area (Å²) in [6.07, 6.45) is 3.22. The molecule has 2 rings (SSSR count). The fourth-order valence-corrected chi connectivity index (χ4v) is 2.40. The molecule has 0 radical (unpaired) electrons. The number of halogens is 3. The molecule has 1 heterocycles. The Balaban J connectivity index is 2.51. The number of hydrogen-bond acceptors (Lipinski definition) is 2.